The summed E-state index contributed by atoms with van der Waals surface area (Å²) < 4.78 is 11.7. The maximum Gasteiger partial charge on any atom is 0.319 e. The second-order valence-corrected chi connectivity index (χ2v) is 9.28. The van der Waals surface area contributed by atoms with Crippen LogP contribution in [0.25, 0.3) is 11.1 Å². The molecule has 1 aliphatic heterocycles. The summed E-state index contributed by atoms with van der Waals surface area (Å²) in [5.41, 5.74) is 2.69. The minimum Gasteiger partial charge on any atom is -0.439 e. The van der Waals surface area contributed by atoms with E-state index >= 15 is 0 Å². The molecule has 0 radical (unpaired) electrons. The van der Waals surface area contributed by atoms with Gasteiger partial charge in [0.1, 0.15) is 5.52 Å². The van der Waals surface area contributed by atoms with E-state index in [0.29, 0.717) is 35.3 Å². The molecule has 2 fully saturated rings. The normalized spacial score (nSPS) is 25.7. The van der Waals surface area contributed by atoms with Crippen LogP contribution < -0.4 is 16.0 Å². The van der Waals surface area contributed by atoms with Crippen molar-refractivity contribution < 1.29 is 13.9 Å². The third kappa shape index (κ3) is 3.57. The standard InChI is InChI=1S/C22H29ClN4O3/c1-29-14-7-5-13(6-8-14)24-12-17-25-16-11-15(23)19-18(20(16)30-17)22(27-21(28)26-19)9-3-2-4-10-22/h11,13-14,24H,2-10,12H2,1H3,(H2,26,27,28). The van der Waals surface area contributed by atoms with E-state index in [2.05, 4.69) is 16.0 Å². The van der Waals surface area contributed by atoms with Crippen LogP contribution >= 0.6 is 11.6 Å². The van der Waals surface area contributed by atoms with Gasteiger partial charge in [-0.1, -0.05) is 30.9 Å². The van der Waals surface area contributed by atoms with Crippen LogP contribution in [0.4, 0.5) is 10.5 Å². The van der Waals surface area contributed by atoms with Crippen molar-refractivity contribution in [3.63, 3.8) is 0 Å². The van der Waals surface area contributed by atoms with Crippen molar-refractivity contribution in [2.45, 2.75) is 82.0 Å². The Morgan fingerprint density at radius 3 is 2.77 bits per heavy atom. The molecule has 2 amide bonds. The number of hydrogen-bond acceptors (Lipinski definition) is 5. The molecule has 30 heavy (non-hydrogen) atoms. The van der Waals surface area contributed by atoms with E-state index in [1.54, 1.807) is 13.2 Å². The second kappa shape index (κ2) is 8.02. The van der Waals surface area contributed by atoms with Crippen molar-refractivity contribution >= 4 is 34.4 Å². The van der Waals surface area contributed by atoms with Gasteiger partial charge in [-0.15, -0.1) is 0 Å². The molecule has 162 valence electrons. The van der Waals surface area contributed by atoms with Crippen molar-refractivity contribution in [3.05, 3.63) is 22.5 Å². The van der Waals surface area contributed by atoms with Gasteiger partial charge in [0.05, 0.1) is 28.9 Å². The molecule has 0 atom stereocenters. The smallest absolute Gasteiger partial charge is 0.319 e. The number of halogens is 1. The van der Waals surface area contributed by atoms with Gasteiger partial charge in [-0.25, -0.2) is 9.78 Å². The molecule has 7 nitrogen and oxygen atoms in total. The first-order chi connectivity index (χ1) is 14.6. The maximum atomic E-state index is 12.4. The molecule has 3 N–H and O–H groups in total. The molecular weight excluding hydrogens is 404 g/mol. The zero-order chi connectivity index (χ0) is 20.7. The zero-order valence-corrected chi connectivity index (χ0v) is 18.1. The number of urea groups is 1. The zero-order valence-electron chi connectivity index (χ0n) is 17.4. The van der Waals surface area contributed by atoms with Gasteiger partial charge in [0.25, 0.3) is 0 Å². The van der Waals surface area contributed by atoms with Crippen molar-refractivity contribution in [2.75, 3.05) is 12.4 Å². The predicted molar refractivity (Wildman–Crippen MR) is 116 cm³/mol. The van der Waals surface area contributed by atoms with Gasteiger partial charge in [0.2, 0.25) is 5.89 Å². The minimum atomic E-state index is -0.429. The van der Waals surface area contributed by atoms with E-state index in [1.807, 2.05) is 0 Å². The average molecular weight is 433 g/mol. The Labute approximate surface area is 181 Å². The van der Waals surface area contributed by atoms with Crippen LogP contribution in [-0.4, -0.2) is 30.3 Å². The fraction of sp³-hybridized carbons (Fsp3) is 0.636. The number of nitrogens with one attached hydrogen (secondary N) is 3. The van der Waals surface area contributed by atoms with Crippen molar-refractivity contribution in [3.8, 4) is 0 Å². The summed E-state index contributed by atoms with van der Waals surface area (Å²) in [5.74, 6) is 0.659. The number of fused-ring (bicyclic) bond motifs is 4. The van der Waals surface area contributed by atoms with Crippen LogP contribution in [0.2, 0.25) is 5.02 Å². The molecule has 2 saturated carbocycles. The Hall–Kier alpha value is -1.83. The van der Waals surface area contributed by atoms with E-state index in [4.69, 9.17) is 25.7 Å². The first kappa shape index (κ1) is 20.1. The van der Waals surface area contributed by atoms with E-state index < -0.39 is 5.54 Å². The summed E-state index contributed by atoms with van der Waals surface area (Å²) in [6, 6.07) is 2.06. The fourth-order valence-corrected chi connectivity index (χ4v) is 5.67. The molecule has 2 aromatic rings. The Balaban J connectivity index is 1.44. The van der Waals surface area contributed by atoms with Crippen molar-refractivity contribution in [1.29, 1.82) is 0 Å². The number of methoxy groups -OCH3 is 1. The van der Waals surface area contributed by atoms with Gasteiger partial charge in [0, 0.05) is 18.7 Å². The Bertz CT molecular complexity index is 945. The molecule has 0 bridgehead atoms. The van der Waals surface area contributed by atoms with Crippen molar-refractivity contribution in [2.24, 2.45) is 0 Å². The highest BCUT2D eigenvalue weighted by Gasteiger charge is 2.44. The van der Waals surface area contributed by atoms with Crippen molar-refractivity contribution in [1.82, 2.24) is 15.6 Å². The molecular formula is C22H29ClN4O3. The highest BCUT2D eigenvalue weighted by atomic mass is 35.5. The van der Waals surface area contributed by atoms with Gasteiger partial charge in [-0.05, 0) is 44.6 Å². The van der Waals surface area contributed by atoms with E-state index in [1.165, 1.54) is 6.42 Å². The van der Waals surface area contributed by atoms with Crippen LogP contribution in [-0.2, 0) is 16.8 Å². The minimum absolute atomic E-state index is 0.196. The monoisotopic (exact) mass is 432 g/mol. The second-order valence-electron chi connectivity index (χ2n) is 8.88. The Morgan fingerprint density at radius 2 is 2.03 bits per heavy atom. The lowest BCUT2D eigenvalue weighted by Crippen LogP contribution is -2.52. The Kier molecular flexibility index (Phi) is 5.37. The molecule has 1 aromatic heterocycles. The van der Waals surface area contributed by atoms with Gasteiger partial charge >= 0.3 is 6.03 Å². The maximum absolute atomic E-state index is 12.4. The first-order valence-corrected chi connectivity index (χ1v) is 11.4. The first-order valence-electron chi connectivity index (χ1n) is 11.1. The lowest BCUT2D eigenvalue weighted by atomic mass is 9.74. The van der Waals surface area contributed by atoms with Gasteiger partial charge in [-0.2, -0.15) is 0 Å². The molecule has 1 spiro atoms. The number of oxazole rings is 1. The van der Waals surface area contributed by atoms with Gasteiger partial charge in [-0.3, -0.25) is 0 Å². The van der Waals surface area contributed by atoms with Gasteiger partial charge < -0.3 is 25.1 Å². The number of hydrogen-bond donors (Lipinski definition) is 3. The Morgan fingerprint density at radius 1 is 1.27 bits per heavy atom. The summed E-state index contributed by atoms with van der Waals surface area (Å²) in [6.45, 7) is 0.580. The molecule has 5 rings (SSSR count). The number of carbonyl (C=O) groups is 1. The average Bonchev–Trinajstić information content (AvgIpc) is 3.15. The number of nitrogens with zero attached hydrogens (tertiary/aromatic N) is 1. The number of amides is 2. The van der Waals surface area contributed by atoms with E-state index in [-0.39, 0.29) is 6.03 Å². The predicted octanol–water partition coefficient (Wildman–Crippen LogP) is 4.82. The van der Waals surface area contributed by atoms with E-state index in [9.17, 15) is 4.79 Å². The number of rotatable bonds is 4. The topological polar surface area (TPSA) is 88.4 Å². The molecule has 1 aromatic carbocycles. The molecule has 3 aliphatic rings. The summed E-state index contributed by atoms with van der Waals surface area (Å²) in [5, 5.41) is 10.2. The molecule has 0 unspecified atom stereocenters. The molecule has 8 heteroatoms. The number of ether oxygens (including phenoxy) is 1. The molecule has 2 heterocycles. The van der Waals surface area contributed by atoms with Crippen LogP contribution in [0.15, 0.2) is 10.5 Å². The number of aromatic nitrogens is 1. The lowest BCUT2D eigenvalue weighted by Gasteiger charge is -2.42. The summed E-state index contributed by atoms with van der Waals surface area (Å²) in [4.78, 5) is 17.1. The fourth-order valence-electron chi connectivity index (χ4n) is 5.42. The molecule has 2 aliphatic carbocycles. The van der Waals surface area contributed by atoms with Crippen LogP contribution in [0.5, 0.6) is 0 Å². The number of anilines is 1. The SMILES string of the molecule is COC1CCC(NCc2nc3cc(Cl)c4c(c3o2)C2(CCCCC2)NC(=O)N4)CC1. The number of benzene rings is 1. The highest BCUT2D eigenvalue weighted by molar-refractivity contribution is 6.35. The van der Waals surface area contributed by atoms with Gasteiger partial charge in [0.15, 0.2) is 5.58 Å². The summed E-state index contributed by atoms with van der Waals surface area (Å²) in [7, 11) is 1.79. The quantitative estimate of drug-likeness (QED) is 0.644. The van der Waals surface area contributed by atoms with Crippen LogP contribution in [0, 0.1) is 0 Å². The number of carbonyl (C=O) groups excluding carboxylic acids is 1. The summed E-state index contributed by atoms with van der Waals surface area (Å²) >= 11 is 6.57. The van der Waals surface area contributed by atoms with Crippen LogP contribution in [0.1, 0.15) is 69.2 Å². The summed E-state index contributed by atoms with van der Waals surface area (Å²) in [6.07, 6.45) is 9.84. The van der Waals surface area contributed by atoms with Crippen LogP contribution in [0.3, 0.4) is 0 Å². The molecule has 0 saturated heterocycles. The highest BCUT2D eigenvalue weighted by Crippen LogP contribution is 2.48. The third-order valence-corrected chi connectivity index (χ3v) is 7.30. The lowest BCUT2D eigenvalue weighted by molar-refractivity contribution is 0.0621. The third-order valence-electron chi connectivity index (χ3n) is 7.00. The van der Waals surface area contributed by atoms with E-state index in [0.717, 1.165) is 68.0 Å². The largest absolute Gasteiger partial charge is 0.439 e.